The predicted molar refractivity (Wildman–Crippen MR) is 67.3 cm³/mol. The predicted octanol–water partition coefficient (Wildman–Crippen LogP) is 2.60. The van der Waals surface area contributed by atoms with Gasteiger partial charge in [-0.2, -0.15) is 0 Å². The first-order valence-corrected chi connectivity index (χ1v) is 5.99. The second kappa shape index (κ2) is 5.67. The van der Waals surface area contributed by atoms with Gasteiger partial charge in [0.25, 0.3) is 0 Å². The van der Waals surface area contributed by atoms with Crippen LogP contribution in [0.3, 0.4) is 0 Å². The summed E-state index contributed by atoms with van der Waals surface area (Å²) in [6.45, 7) is 15.4. The van der Waals surface area contributed by atoms with Crippen LogP contribution in [-0.4, -0.2) is 24.7 Å². The Labute approximate surface area is 99.9 Å². The zero-order valence-electron chi connectivity index (χ0n) is 11.8. The summed E-state index contributed by atoms with van der Waals surface area (Å²) in [7, 11) is 0. The summed E-state index contributed by atoms with van der Waals surface area (Å²) < 4.78 is 5.38. The van der Waals surface area contributed by atoms with Gasteiger partial charge in [-0.25, -0.2) is 0 Å². The Hall–Kier alpha value is -0.570. The van der Waals surface area contributed by atoms with Gasteiger partial charge in [0.15, 0.2) is 0 Å². The summed E-state index contributed by atoms with van der Waals surface area (Å²) in [5.41, 5.74) is -0.880. The molecule has 0 bridgehead atoms. The fourth-order valence-corrected chi connectivity index (χ4v) is 1.16. The first-order valence-electron chi connectivity index (χ1n) is 5.99. The molecular formula is C13H27NO2. The zero-order valence-corrected chi connectivity index (χ0v) is 11.8. The van der Waals surface area contributed by atoms with Gasteiger partial charge in [-0.05, 0) is 47.1 Å². The van der Waals surface area contributed by atoms with Crippen LogP contribution in [0.1, 0.15) is 48.5 Å². The zero-order chi connectivity index (χ0) is 13.0. The van der Waals surface area contributed by atoms with E-state index in [9.17, 15) is 4.79 Å². The van der Waals surface area contributed by atoms with Gasteiger partial charge >= 0.3 is 5.97 Å². The van der Waals surface area contributed by atoms with Crippen LogP contribution in [0.25, 0.3) is 0 Å². The highest BCUT2D eigenvalue weighted by Gasteiger charge is 2.32. The minimum Gasteiger partial charge on any atom is -0.460 e. The monoisotopic (exact) mass is 229 g/mol. The van der Waals surface area contributed by atoms with Crippen molar-refractivity contribution in [1.29, 1.82) is 0 Å². The Kier molecular flexibility index (Phi) is 5.47. The Morgan fingerprint density at radius 1 is 1.19 bits per heavy atom. The van der Waals surface area contributed by atoms with Gasteiger partial charge in [0.2, 0.25) is 0 Å². The lowest BCUT2D eigenvalue weighted by molar-refractivity contribution is -0.165. The quantitative estimate of drug-likeness (QED) is 0.736. The molecule has 0 fully saturated rings. The lowest BCUT2D eigenvalue weighted by atomic mass is 9.93. The first kappa shape index (κ1) is 15.4. The molecule has 0 spiro atoms. The van der Waals surface area contributed by atoms with Crippen LogP contribution in [0.4, 0.5) is 0 Å². The van der Waals surface area contributed by atoms with E-state index in [2.05, 4.69) is 19.2 Å². The van der Waals surface area contributed by atoms with Crippen LogP contribution >= 0.6 is 0 Å². The van der Waals surface area contributed by atoms with Crippen LogP contribution in [-0.2, 0) is 9.53 Å². The number of carbonyl (C=O) groups excluding carboxylic acids is 1. The number of hydrogen-bond acceptors (Lipinski definition) is 3. The van der Waals surface area contributed by atoms with E-state index in [4.69, 9.17) is 4.74 Å². The van der Waals surface area contributed by atoms with E-state index in [1.54, 1.807) is 0 Å². The van der Waals surface area contributed by atoms with Gasteiger partial charge in [-0.15, -0.1) is 0 Å². The maximum atomic E-state index is 11.9. The molecule has 0 aliphatic heterocycles. The number of hydrogen-bond donors (Lipinski definition) is 1. The second-order valence-electron chi connectivity index (χ2n) is 6.41. The molecule has 0 atom stereocenters. The van der Waals surface area contributed by atoms with E-state index >= 15 is 0 Å². The van der Waals surface area contributed by atoms with Gasteiger partial charge in [-0.3, -0.25) is 4.79 Å². The normalized spacial score (nSPS) is 13.0. The summed E-state index contributed by atoms with van der Waals surface area (Å²) in [6.07, 6.45) is 0. The maximum absolute atomic E-state index is 11.9. The van der Waals surface area contributed by atoms with Crippen LogP contribution in [0.15, 0.2) is 0 Å². The highest BCUT2D eigenvalue weighted by Crippen LogP contribution is 2.20. The van der Waals surface area contributed by atoms with Crippen molar-refractivity contribution in [2.24, 2.45) is 11.3 Å². The van der Waals surface area contributed by atoms with E-state index < -0.39 is 11.0 Å². The molecule has 0 rings (SSSR count). The SMILES string of the molecule is CC(C)CNCC(C)(C)C(=O)OC(C)(C)C. The molecule has 0 aliphatic carbocycles. The molecule has 0 unspecified atom stereocenters. The molecule has 96 valence electrons. The summed E-state index contributed by atoms with van der Waals surface area (Å²) in [5.74, 6) is 0.450. The van der Waals surface area contributed by atoms with Crippen molar-refractivity contribution in [3.05, 3.63) is 0 Å². The summed E-state index contributed by atoms with van der Waals surface area (Å²) in [4.78, 5) is 11.9. The summed E-state index contributed by atoms with van der Waals surface area (Å²) in [6, 6.07) is 0. The van der Waals surface area contributed by atoms with E-state index in [1.807, 2.05) is 34.6 Å². The van der Waals surface area contributed by atoms with Crippen molar-refractivity contribution < 1.29 is 9.53 Å². The Morgan fingerprint density at radius 3 is 2.06 bits per heavy atom. The molecule has 0 saturated carbocycles. The Morgan fingerprint density at radius 2 is 1.69 bits per heavy atom. The van der Waals surface area contributed by atoms with Crippen molar-refractivity contribution in [2.45, 2.75) is 54.1 Å². The number of carbonyl (C=O) groups is 1. The highest BCUT2D eigenvalue weighted by molar-refractivity contribution is 5.76. The molecule has 0 amide bonds. The van der Waals surface area contributed by atoms with Crippen molar-refractivity contribution in [3.8, 4) is 0 Å². The van der Waals surface area contributed by atoms with Crippen molar-refractivity contribution in [1.82, 2.24) is 5.32 Å². The number of rotatable bonds is 5. The van der Waals surface area contributed by atoms with Gasteiger partial charge in [-0.1, -0.05) is 13.8 Å². The highest BCUT2D eigenvalue weighted by atomic mass is 16.6. The molecule has 0 saturated heterocycles. The fraction of sp³-hybridized carbons (Fsp3) is 0.923. The van der Waals surface area contributed by atoms with Crippen LogP contribution < -0.4 is 5.32 Å². The second-order valence-corrected chi connectivity index (χ2v) is 6.41. The lowest BCUT2D eigenvalue weighted by Gasteiger charge is -2.28. The minimum atomic E-state index is -0.470. The van der Waals surface area contributed by atoms with Gasteiger partial charge in [0.05, 0.1) is 5.41 Å². The van der Waals surface area contributed by atoms with Crippen LogP contribution in [0.2, 0.25) is 0 Å². The van der Waals surface area contributed by atoms with Crippen LogP contribution in [0, 0.1) is 11.3 Å². The number of nitrogens with one attached hydrogen (secondary N) is 1. The fourth-order valence-electron chi connectivity index (χ4n) is 1.16. The van der Waals surface area contributed by atoms with Gasteiger partial charge in [0, 0.05) is 6.54 Å². The third-order valence-electron chi connectivity index (χ3n) is 2.07. The van der Waals surface area contributed by atoms with Gasteiger partial charge < -0.3 is 10.1 Å². The molecular weight excluding hydrogens is 202 g/mol. The summed E-state index contributed by atoms with van der Waals surface area (Å²) >= 11 is 0. The van der Waals surface area contributed by atoms with E-state index in [1.165, 1.54) is 0 Å². The number of esters is 1. The van der Waals surface area contributed by atoms with E-state index in [0.29, 0.717) is 12.5 Å². The average Bonchev–Trinajstić information content (AvgIpc) is 1.99. The number of ether oxygens (including phenoxy) is 1. The largest absolute Gasteiger partial charge is 0.460 e. The topological polar surface area (TPSA) is 38.3 Å². The third-order valence-corrected chi connectivity index (χ3v) is 2.07. The molecule has 3 heteroatoms. The van der Waals surface area contributed by atoms with Crippen molar-refractivity contribution in [3.63, 3.8) is 0 Å². The molecule has 0 heterocycles. The molecule has 0 radical (unpaired) electrons. The average molecular weight is 229 g/mol. The van der Waals surface area contributed by atoms with E-state index in [-0.39, 0.29) is 5.97 Å². The van der Waals surface area contributed by atoms with Gasteiger partial charge in [0.1, 0.15) is 5.60 Å². The lowest BCUT2D eigenvalue weighted by Crippen LogP contribution is -2.41. The molecule has 0 aromatic rings. The van der Waals surface area contributed by atoms with Crippen molar-refractivity contribution in [2.75, 3.05) is 13.1 Å². The molecule has 16 heavy (non-hydrogen) atoms. The Balaban J connectivity index is 4.16. The molecule has 3 nitrogen and oxygen atoms in total. The summed E-state index contributed by atoms with van der Waals surface area (Å²) in [5, 5.41) is 3.29. The van der Waals surface area contributed by atoms with Crippen LogP contribution in [0.5, 0.6) is 0 Å². The van der Waals surface area contributed by atoms with E-state index in [0.717, 1.165) is 6.54 Å². The third kappa shape index (κ3) is 6.83. The molecule has 0 aromatic heterocycles. The standard InChI is InChI=1S/C13H27NO2/c1-10(2)8-14-9-13(6,7)11(15)16-12(3,4)5/h10,14H,8-9H2,1-7H3. The molecule has 0 aliphatic rings. The molecule has 1 N–H and O–H groups in total. The first-order chi connectivity index (χ1) is 7.04. The maximum Gasteiger partial charge on any atom is 0.313 e. The molecule has 0 aromatic carbocycles. The minimum absolute atomic E-state index is 0.142. The van der Waals surface area contributed by atoms with Crippen molar-refractivity contribution >= 4 is 5.97 Å². The Bertz CT molecular complexity index is 227. The smallest absolute Gasteiger partial charge is 0.313 e.